The van der Waals surface area contributed by atoms with E-state index >= 15 is 0 Å². The first kappa shape index (κ1) is 15.4. The van der Waals surface area contributed by atoms with E-state index in [1.807, 2.05) is 0 Å². The summed E-state index contributed by atoms with van der Waals surface area (Å²) in [5.74, 6) is -6.88. The topological polar surface area (TPSA) is 58.4 Å². The number of piperidine rings is 1. The molecule has 1 saturated heterocycles. The minimum atomic E-state index is -1.70. The van der Waals surface area contributed by atoms with E-state index in [1.54, 1.807) is 23.1 Å². The van der Waals surface area contributed by atoms with Gasteiger partial charge in [0, 0.05) is 25.5 Å². The molecule has 0 unspecified atom stereocenters. The number of amides is 1. The van der Waals surface area contributed by atoms with Crippen LogP contribution in [0.3, 0.4) is 0 Å². The molecule has 1 amide bonds. The van der Waals surface area contributed by atoms with Gasteiger partial charge in [-0.15, -0.1) is 0 Å². The molecule has 0 aliphatic carbocycles. The summed E-state index contributed by atoms with van der Waals surface area (Å²) in [5, 5.41) is 13.4. The molecule has 1 aliphatic heterocycles. The molecule has 1 aromatic heterocycles. The number of aromatic hydroxyl groups is 1. The number of carbonyl (C=O) groups is 1. The van der Waals surface area contributed by atoms with Crippen LogP contribution in [-0.2, 0) is 0 Å². The second-order valence-corrected chi connectivity index (χ2v) is 5.42. The minimum absolute atomic E-state index is 0.0651. The Morgan fingerprint density at radius 1 is 1.30 bits per heavy atom. The number of benzene rings is 1. The summed E-state index contributed by atoms with van der Waals surface area (Å²) in [5.41, 5.74) is -0.678. The standard InChI is InChI=1S/C15H14F3N3O2/c16-11-7-10(12(17)14(22)13(11)18)15(23)20-5-1-3-9(8-20)21-6-2-4-19-21/h2,4,6-7,9,22H,1,3,5,8H2/t9-/m0/s1. The normalized spacial score (nSPS) is 18.2. The van der Waals surface area contributed by atoms with Crippen molar-refractivity contribution in [1.29, 1.82) is 0 Å². The molecule has 2 heterocycles. The molecule has 0 bridgehead atoms. The Morgan fingerprint density at radius 3 is 2.78 bits per heavy atom. The first-order valence-electron chi connectivity index (χ1n) is 7.14. The van der Waals surface area contributed by atoms with E-state index in [0.29, 0.717) is 19.0 Å². The number of likely N-dealkylation sites (tertiary alicyclic amines) is 1. The zero-order chi connectivity index (χ0) is 16.6. The van der Waals surface area contributed by atoms with Crippen molar-refractivity contribution in [3.63, 3.8) is 0 Å². The van der Waals surface area contributed by atoms with Crippen LogP contribution in [0.2, 0.25) is 0 Å². The first-order chi connectivity index (χ1) is 11.0. The lowest BCUT2D eigenvalue weighted by Crippen LogP contribution is -2.41. The average molecular weight is 325 g/mol. The molecule has 1 atom stereocenters. The third-order valence-corrected chi connectivity index (χ3v) is 3.95. The molecule has 8 heteroatoms. The van der Waals surface area contributed by atoms with Gasteiger partial charge in [0.2, 0.25) is 5.82 Å². The van der Waals surface area contributed by atoms with Gasteiger partial charge in [-0.05, 0) is 25.0 Å². The van der Waals surface area contributed by atoms with Crippen molar-refractivity contribution < 1.29 is 23.1 Å². The number of aromatic nitrogens is 2. The van der Waals surface area contributed by atoms with Crippen molar-refractivity contribution in [3.05, 3.63) is 47.5 Å². The molecule has 0 spiro atoms. The van der Waals surface area contributed by atoms with Crippen LogP contribution in [0.1, 0.15) is 29.2 Å². The Hall–Kier alpha value is -2.51. The Morgan fingerprint density at radius 2 is 2.09 bits per heavy atom. The maximum atomic E-state index is 13.9. The zero-order valence-electron chi connectivity index (χ0n) is 12.0. The number of halogens is 3. The van der Waals surface area contributed by atoms with Gasteiger partial charge in [0.25, 0.3) is 5.91 Å². The van der Waals surface area contributed by atoms with Gasteiger partial charge in [-0.3, -0.25) is 9.48 Å². The number of phenolic OH excluding ortho intramolecular Hbond substituents is 1. The van der Waals surface area contributed by atoms with Crippen LogP contribution in [0.15, 0.2) is 24.5 Å². The van der Waals surface area contributed by atoms with Gasteiger partial charge in [-0.25, -0.2) is 8.78 Å². The van der Waals surface area contributed by atoms with Crippen molar-refractivity contribution in [2.24, 2.45) is 0 Å². The van der Waals surface area contributed by atoms with E-state index in [9.17, 15) is 23.1 Å². The molecule has 122 valence electrons. The number of nitrogens with zero attached hydrogens (tertiary/aromatic N) is 3. The van der Waals surface area contributed by atoms with Gasteiger partial charge in [-0.2, -0.15) is 9.49 Å². The Kier molecular flexibility index (Phi) is 3.97. The number of hydrogen-bond acceptors (Lipinski definition) is 3. The van der Waals surface area contributed by atoms with Gasteiger partial charge in [0.05, 0.1) is 11.6 Å². The van der Waals surface area contributed by atoms with E-state index in [-0.39, 0.29) is 12.6 Å². The molecular weight excluding hydrogens is 311 g/mol. The van der Waals surface area contributed by atoms with Crippen molar-refractivity contribution in [1.82, 2.24) is 14.7 Å². The average Bonchev–Trinajstić information content (AvgIpc) is 3.10. The molecular formula is C15H14F3N3O2. The largest absolute Gasteiger partial charge is 0.503 e. The Bertz CT molecular complexity index is 734. The Labute approximate surface area is 129 Å². The van der Waals surface area contributed by atoms with Gasteiger partial charge in [0.1, 0.15) is 0 Å². The van der Waals surface area contributed by atoms with Crippen LogP contribution in [-0.4, -0.2) is 38.8 Å². The molecule has 1 aromatic carbocycles. The van der Waals surface area contributed by atoms with E-state index in [1.165, 1.54) is 4.90 Å². The third kappa shape index (κ3) is 2.76. The molecule has 1 N–H and O–H groups in total. The molecule has 1 aliphatic rings. The molecule has 5 nitrogen and oxygen atoms in total. The highest BCUT2D eigenvalue weighted by atomic mass is 19.2. The maximum Gasteiger partial charge on any atom is 0.257 e. The fraction of sp³-hybridized carbons (Fsp3) is 0.333. The summed E-state index contributed by atoms with van der Waals surface area (Å²) in [7, 11) is 0. The number of carbonyl (C=O) groups excluding carboxylic acids is 1. The fourth-order valence-corrected chi connectivity index (χ4v) is 2.77. The van der Waals surface area contributed by atoms with E-state index < -0.39 is 34.7 Å². The van der Waals surface area contributed by atoms with Crippen LogP contribution >= 0.6 is 0 Å². The monoisotopic (exact) mass is 325 g/mol. The fourth-order valence-electron chi connectivity index (χ4n) is 2.77. The van der Waals surface area contributed by atoms with E-state index in [0.717, 1.165) is 6.42 Å². The first-order valence-corrected chi connectivity index (χ1v) is 7.14. The molecule has 0 saturated carbocycles. The van der Waals surface area contributed by atoms with Crippen LogP contribution in [0, 0.1) is 17.5 Å². The highest BCUT2D eigenvalue weighted by Gasteiger charge is 2.30. The summed E-state index contributed by atoms with van der Waals surface area (Å²) in [6, 6.07) is 2.17. The highest BCUT2D eigenvalue weighted by molar-refractivity contribution is 5.95. The molecule has 3 rings (SSSR count). The number of rotatable bonds is 2. The third-order valence-electron chi connectivity index (χ3n) is 3.95. The second-order valence-electron chi connectivity index (χ2n) is 5.42. The maximum absolute atomic E-state index is 13.9. The molecule has 0 radical (unpaired) electrons. The number of hydrogen-bond donors (Lipinski definition) is 1. The van der Waals surface area contributed by atoms with Crippen LogP contribution in [0.4, 0.5) is 13.2 Å². The summed E-state index contributed by atoms with van der Waals surface area (Å²) >= 11 is 0. The molecule has 1 fully saturated rings. The van der Waals surface area contributed by atoms with Gasteiger partial charge in [-0.1, -0.05) is 0 Å². The minimum Gasteiger partial charge on any atom is -0.503 e. The van der Waals surface area contributed by atoms with Crippen molar-refractivity contribution in [3.8, 4) is 5.75 Å². The van der Waals surface area contributed by atoms with Crippen molar-refractivity contribution in [2.75, 3.05) is 13.1 Å². The predicted octanol–water partition coefficient (Wildman–Crippen LogP) is 2.48. The Balaban J connectivity index is 1.86. The van der Waals surface area contributed by atoms with Gasteiger partial charge in [0.15, 0.2) is 17.4 Å². The highest BCUT2D eigenvalue weighted by Crippen LogP contribution is 2.28. The van der Waals surface area contributed by atoms with Crippen molar-refractivity contribution in [2.45, 2.75) is 18.9 Å². The quantitative estimate of drug-likeness (QED) is 0.863. The number of phenols is 1. The van der Waals surface area contributed by atoms with E-state index in [2.05, 4.69) is 5.10 Å². The van der Waals surface area contributed by atoms with Crippen LogP contribution < -0.4 is 0 Å². The molecule has 23 heavy (non-hydrogen) atoms. The van der Waals surface area contributed by atoms with Gasteiger partial charge >= 0.3 is 0 Å². The lowest BCUT2D eigenvalue weighted by atomic mass is 10.0. The van der Waals surface area contributed by atoms with Crippen molar-refractivity contribution >= 4 is 5.91 Å². The van der Waals surface area contributed by atoms with Crippen LogP contribution in [0.5, 0.6) is 5.75 Å². The summed E-state index contributed by atoms with van der Waals surface area (Å²) in [6.45, 7) is 0.648. The lowest BCUT2D eigenvalue weighted by molar-refractivity contribution is 0.0666. The molecule has 2 aromatic rings. The lowest BCUT2D eigenvalue weighted by Gasteiger charge is -2.33. The zero-order valence-corrected chi connectivity index (χ0v) is 12.0. The van der Waals surface area contributed by atoms with Crippen LogP contribution in [0.25, 0.3) is 0 Å². The SMILES string of the molecule is O=C(c1cc(F)c(F)c(O)c1F)N1CCC[C@H](n2cccn2)C1. The summed E-state index contributed by atoms with van der Waals surface area (Å²) in [6.07, 6.45) is 4.86. The smallest absolute Gasteiger partial charge is 0.257 e. The summed E-state index contributed by atoms with van der Waals surface area (Å²) in [4.78, 5) is 13.8. The second kappa shape index (κ2) is 5.94. The summed E-state index contributed by atoms with van der Waals surface area (Å²) < 4.78 is 42.1. The predicted molar refractivity (Wildman–Crippen MR) is 74.4 cm³/mol. The van der Waals surface area contributed by atoms with E-state index in [4.69, 9.17) is 0 Å². The van der Waals surface area contributed by atoms with Gasteiger partial charge < -0.3 is 10.0 Å².